The van der Waals surface area contributed by atoms with E-state index in [0.29, 0.717) is 12.8 Å². The minimum Gasteiger partial charge on any atom is -0.344 e. The molecule has 2 atom stereocenters. The molecule has 1 aromatic carbocycles. The van der Waals surface area contributed by atoms with Gasteiger partial charge in [0.2, 0.25) is 11.8 Å². The Kier molecular flexibility index (Phi) is 4.17. The molecule has 1 N–H and O–H groups in total. The number of amides is 2. The van der Waals surface area contributed by atoms with Gasteiger partial charge in [-0.2, -0.15) is 0 Å². The van der Waals surface area contributed by atoms with Crippen LogP contribution in [0, 0.1) is 0 Å². The third-order valence-electron chi connectivity index (χ3n) is 4.99. The zero-order valence-corrected chi connectivity index (χ0v) is 14.3. The van der Waals surface area contributed by atoms with Crippen molar-refractivity contribution < 1.29 is 9.59 Å². The van der Waals surface area contributed by atoms with Crippen molar-refractivity contribution in [1.29, 1.82) is 0 Å². The van der Waals surface area contributed by atoms with E-state index in [-0.39, 0.29) is 29.3 Å². The summed E-state index contributed by atoms with van der Waals surface area (Å²) in [4.78, 5) is 26.0. The van der Waals surface area contributed by atoms with E-state index in [9.17, 15) is 9.59 Å². The smallest absolute Gasteiger partial charge is 0.245 e. The summed E-state index contributed by atoms with van der Waals surface area (Å²) < 4.78 is 0. The fourth-order valence-electron chi connectivity index (χ4n) is 3.58. The van der Waals surface area contributed by atoms with Gasteiger partial charge in [0.15, 0.2) is 0 Å². The predicted molar refractivity (Wildman–Crippen MR) is 90.0 cm³/mol. The lowest BCUT2D eigenvalue weighted by molar-refractivity contribution is -0.135. The van der Waals surface area contributed by atoms with Crippen molar-refractivity contribution >= 4 is 11.8 Å². The topological polar surface area (TPSA) is 49.4 Å². The maximum absolute atomic E-state index is 12.7. The van der Waals surface area contributed by atoms with Crippen molar-refractivity contribution in [2.75, 3.05) is 6.54 Å². The van der Waals surface area contributed by atoms with Gasteiger partial charge >= 0.3 is 0 Å². The molecule has 2 aliphatic rings. The van der Waals surface area contributed by atoms with E-state index in [1.54, 1.807) is 0 Å². The molecule has 124 valence electrons. The number of likely N-dealkylation sites (tertiary alicyclic amines) is 1. The molecule has 23 heavy (non-hydrogen) atoms. The van der Waals surface area contributed by atoms with Gasteiger partial charge in [-0.05, 0) is 35.8 Å². The summed E-state index contributed by atoms with van der Waals surface area (Å²) in [5.74, 6) is 0.0758. The van der Waals surface area contributed by atoms with E-state index in [1.807, 2.05) is 4.90 Å². The molecule has 0 spiro atoms. The lowest BCUT2D eigenvalue weighted by Crippen LogP contribution is -2.44. The predicted octanol–water partition coefficient (Wildman–Crippen LogP) is 2.93. The van der Waals surface area contributed by atoms with Crippen LogP contribution < -0.4 is 5.32 Å². The number of carbonyl (C=O) groups is 2. The van der Waals surface area contributed by atoms with Crippen molar-refractivity contribution in [2.24, 2.45) is 0 Å². The standard InChI is InChI=1S/C19H26N2O2/c1-19(2,3)14-8-6-13(7-9-14)16-5-4-12-21(16)18(23)15-10-11-17(22)20-15/h6-9,15-16H,4-5,10-12H2,1-3H3,(H,20,22)/t15-,16-/m0/s1. The normalized spacial score (nSPS) is 24.8. The Morgan fingerprint density at radius 3 is 2.43 bits per heavy atom. The number of hydrogen-bond acceptors (Lipinski definition) is 2. The van der Waals surface area contributed by atoms with Gasteiger partial charge in [0.1, 0.15) is 6.04 Å². The Morgan fingerprint density at radius 1 is 1.17 bits per heavy atom. The highest BCUT2D eigenvalue weighted by Crippen LogP contribution is 2.34. The monoisotopic (exact) mass is 314 g/mol. The summed E-state index contributed by atoms with van der Waals surface area (Å²) in [6.07, 6.45) is 3.12. The highest BCUT2D eigenvalue weighted by atomic mass is 16.2. The average Bonchev–Trinajstić information content (AvgIpc) is 3.14. The Bertz CT molecular complexity index is 601. The quantitative estimate of drug-likeness (QED) is 0.912. The highest BCUT2D eigenvalue weighted by Gasteiger charge is 2.36. The molecule has 0 aromatic heterocycles. The van der Waals surface area contributed by atoms with E-state index in [2.05, 4.69) is 50.4 Å². The van der Waals surface area contributed by atoms with Gasteiger partial charge in [0.25, 0.3) is 0 Å². The van der Waals surface area contributed by atoms with Crippen LogP contribution >= 0.6 is 0 Å². The zero-order chi connectivity index (χ0) is 16.6. The highest BCUT2D eigenvalue weighted by molar-refractivity contribution is 5.91. The van der Waals surface area contributed by atoms with Gasteiger partial charge < -0.3 is 10.2 Å². The van der Waals surface area contributed by atoms with Crippen LogP contribution in [0.1, 0.15) is 63.6 Å². The molecular weight excluding hydrogens is 288 g/mol. The summed E-state index contributed by atoms with van der Waals surface area (Å²) in [6.45, 7) is 7.40. The van der Waals surface area contributed by atoms with Crippen molar-refractivity contribution in [3.8, 4) is 0 Å². The largest absolute Gasteiger partial charge is 0.344 e. The fourth-order valence-corrected chi connectivity index (χ4v) is 3.58. The number of benzene rings is 1. The average molecular weight is 314 g/mol. The van der Waals surface area contributed by atoms with E-state index < -0.39 is 0 Å². The first kappa shape index (κ1) is 16.0. The molecule has 4 nitrogen and oxygen atoms in total. The Balaban J connectivity index is 1.76. The fraction of sp³-hybridized carbons (Fsp3) is 0.579. The van der Waals surface area contributed by atoms with Crippen LogP contribution in [0.15, 0.2) is 24.3 Å². The van der Waals surface area contributed by atoms with Crippen molar-refractivity contribution in [3.05, 3.63) is 35.4 Å². The summed E-state index contributed by atoms with van der Waals surface area (Å²) in [6, 6.07) is 8.49. The third-order valence-corrected chi connectivity index (χ3v) is 4.99. The molecule has 2 aliphatic heterocycles. The molecule has 0 radical (unpaired) electrons. The van der Waals surface area contributed by atoms with E-state index in [4.69, 9.17) is 0 Å². The summed E-state index contributed by atoms with van der Waals surface area (Å²) in [5, 5.41) is 2.80. The number of nitrogens with one attached hydrogen (secondary N) is 1. The van der Waals surface area contributed by atoms with Crippen LogP contribution in [-0.4, -0.2) is 29.3 Å². The number of nitrogens with zero attached hydrogens (tertiary/aromatic N) is 1. The third kappa shape index (κ3) is 3.26. The summed E-state index contributed by atoms with van der Waals surface area (Å²) in [7, 11) is 0. The van der Waals surface area contributed by atoms with Gasteiger partial charge in [-0.1, -0.05) is 45.0 Å². The molecule has 0 bridgehead atoms. The number of hydrogen-bond donors (Lipinski definition) is 1. The number of rotatable bonds is 2. The van der Waals surface area contributed by atoms with Gasteiger partial charge in [0, 0.05) is 13.0 Å². The van der Waals surface area contributed by atoms with Crippen LogP contribution in [-0.2, 0) is 15.0 Å². The van der Waals surface area contributed by atoms with Crippen molar-refractivity contribution in [1.82, 2.24) is 10.2 Å². The minimum absolute atomic E-state index is 0.00590. The first-order valence-corrected chi connectivity index (χ1v) is 8.56. The molecule has 2 saturated heterocycles. The molecule has 4 heteroatoms. The van der Waals surface area contributed by atoms with Gasteiger partial charge in [-0.25, -0.2) is 0 Å². The zero-order valence-electron chi connectivity index (χ0n) is 14.3. The summed E-state index contributed by atoms with van der Waals surface area (Å²) in [5.41, 5.74) is 2.64. The molecule has 2 fully saturated rings. The van der Waals surface area contributed by atoms with E-state index >= 15 is 0 Å². The van der Waals surface area contributed by atoms with Crippen molar-refractivity contribution in [2.45, 2.75) is 64.0 Å². The molecule has 3 rings (SSSR count). The lowest BCUT2D eigenvalue weighted by atomic mass is 9.86. The minimum atomic E-state index is -0.322. The van der Waals surface area contributed by atoms with Crippen LogP contribution in [0.2, 0.25) is 0 Å². The SMILES string of the molecule is CC(C)(C)c1ccc([C@@H]2CCCN2C(=O)[C@@H]2CCC(=O)N2)cc1. The molecule has 2 heterocycles. The summed E-state index contributed by atoms with van der Waals surface area (Å²) >= 11 is 0. The lowest BCUT2D eigenvalue weighted by Gasteiger charge is -2.28. The maximum atomic E-state index is 12.7. The molecular formula is C19H26N2O2. The Labute approximate surface area is 138 Å². The molecule has 1 aromatic rings. The molecule has 0 unspecified atom stereocenters. The van der Waals surface area contributed by atoms with Crippen LogP contribution in [0.4, 0.5) is 0 Å². The molecule has 2 amide bonds. The number of carbonyl (C=O) groups excluding carboxylic acids is 2. The molecule has 0 aliphatic carbocycles. The maximum Gasteiger partial charge on any atom is 0.245 e. The van der Waals surface area contributed by atoms with Gasteiger partial charge in [-0.15, -0.1) is 0 Å². The first-order chi connectivity index (χ1) is 10.9. The second kappa shape index (κ2) is 5.99. The van der Waals surface area contributed by atoms with Crippen molar-refractivity contribution in [3.63, 3.8) is 0 Å². The Morgan fingerprint density at radius 2 is 1.87 bits per heavy atom. The van der Waals surface area contributed by atoms with E-state index in [1.165, 1.54) is 11.1 Å². The molecule has 0 saturated carbocycles. The first-order valence-electron chi connectivity index (χ1n) is 8.56. The van der Waals surface area contributed by atoms with Gasteiger partial charge in [-0.3, -0.25) is 9.59 Å². The second-order valence-electron chi connectivity index (χ2n) is 7.72. The van der Waals surface area contributed by atoms with Gasteiger partial charge in [0.05, 0.1) is 6.04 Å². The second-order valence-corrected chi connectivity index (χ2v) is 7.72. The van der Waals surface area contributed by atoms with Crippen LogP contribution in [0.5, 0.6) is 0 Å². The van der Waals surface area contributed by atoms with E-state index in [0.717, 1.165) is 19.4 Å². The van der Waals surface area contributed by atoms with Crippen LogP contribution in [0.3, 0.4) is 0 Å². The Hall–Kier alpha value is -1.84. The van der Waals surface area contributed by atoms with Crippen LogP contribution in [0.25, 0.3) is 0 Å².